The molecule has 2 aromatic carbocycles. The third kappa shape index (κ3) is 3.55. The Kier molecular flexibility index (Phi) is 4.68. The van der Waals surface area contributed by atoms with E-state index in [1.165, 1.54) is 6.07 Å². The van der Waals surface area contributed by atoms with Gasteiger partial charge in [0.15, 0.2) is 0 Å². The molecule has 20 heavy (non-hydrogen) atoms. The molecular formula is C15H16N2O3. The van der Waals surface area contributed by atoms with Crippen molar-refractivity contribution in [3.05, 3.63) is 69.8 Å². The molecule has 2 aromatic rings. The average molecular weight is 272 g/mol. The molecule has 0 spiro atoms. The third-order valence-electron chi connectivity index (χ3n) is 2.96. The van der Waals surface area contributed by atoms with Crippen molar-refractivity contribution in [2.24, 2.45) is 0 Å². The first-order valence-electron chi connectivity index (χ1n) is 6.26. The summed E-state index contributed by atoms with van der Waals surface area (Å²) >= 11 is 0. The minimum Gasteiger partial charge on any atom is -0.496 e. The van der Waals surface area contributed by atoms with Gasteiger partial charge in [-0.3, -0.25) is 10.1 Å². The topological polar surface area (TPSA) is 64.4 Å². The van der Waals surface area contributed by atoms with Crippen molar-refractivity contribution in [1.82, 2.24) is 5.32 Å². The highest BCUT2D eigenvalue weighted by Crippen LogP contribution is 2.17. The number of methoxy groups -OCH3 is 1. The van der Waals surface area contributed by atoms with Crippen LogP contribution >= 0.6 is 0 Å². The van der Waals surface area contributed by atoms with Gasteiger partial charge < -0.3 is 10.1 Å². The minimum atomic E-state index is -0.385. The monoisotopic (exact) mass is 272 g/mol. The van der Waals surface area contributed by atoms with Gasteiger partial charge in [-0.25, -0.2) is 0 Å². The summed E-state index contributed by atoms with van der Waals surface area (Å²) in [5.41, 5.74) is 2.05. The molecule has 0 aromatic heterocycles. The van der Waals surface area contributed by atoms with Gasteiger partial charge in [0.1, 0.15) is 5.75 Å². The minimum absolute atomic E-state index is 0.113. The SMILES string of the molecule is COc1ccccc1CNCc1cccc([N+](=O)[O-])c1. The van der Waals surface area contributed by atoms with E-state index >= 15 is 0 Å². The number of ether oxygens (including phenoxy) is 1. The number of non-ortho nitro benzene ring substituents is 1. The zero-order valence-corrected chi connectivity index (χ0v) is 11.2. The average Bonchev–Trinajstić information content (AvgIpc) is 2.48. The summed E-state index contributed by atoms with van der Waals surface area (Å²) in [5.74, 6) is 0.832. The summed E-state index contributed by atoms with van der Waals surface area (Å²) in [7, 11) is 1.64. The Balaban J connectivity index is 1.96. The summed E-state index contributed by atoms with van der Waals surface area (Å²) in [5, 5.41) is 14.0. The lowest BCUT2D eigenvalue weighted by molar-refractivity contribution is -0.384. The fourth-order valence-corrected chi connectivity index (χ4v) is 1.97. The summed E-state index contributed by atoms with van der Waals surface area (Å²) < 4.78 is 5.27. The molecule has 0 atom stereocenters. The van der Waals surface area contributed by atoms with Crippen molar-refractivity contribution in [3.8, 4) is 5.75 Å². The molecule has 0 unspecified atom stereocenters. The van der Waals surface area contributed by atoms with E-state index in [1.54, 1.807) is 19.2 Å². The molecule has 0 aliphatic carbocycles. The molecule has 0 aliphatic heterocycles. The van der Waals surface area contributed by atoms with Crippen LogP contribution in [0.2, 0.25) is 0 Å². The number of para-hydroxylation sites is 1. The molecule has 0 fully saturated rings. The van der Waals surface area contributed by atoms with Crippen LogP contribution in [0.5, 0.6) is 5.75 Å². The van der Waals surface area contributed by atoms with Crippen LogP contribution in [0.4, 0.5) is 5.69 Å². The largest absolute Gasteiger partial charge is 0.496 e. The molecule has 0 aliphatic rings. The summed E-state index contributed by atoms with van der Waals surface area (Å²) in [6.45, 7) is 1.21. The third-order valence-corrected chi connectivity index (χ3v) is 2.96. The fraction of sp³-hybridized carbons (Fsp3) is 0.200. The fourth-order valence-electron chi connectivity index (χ4n) is 1.97. The Morgan fingerprint density at radius 1 is 1.15 bits per heavy atom. The van der Waals surface area contributed by atoms with Crippen LogP contribution in [-0.4, -0.2) is 12.0 Å². The molecule has 2 rings (SSSR count). The summed E-state index contributed by atoms with van der Waals surface area (Å²) in [6.07, 6.45) is 0. The number of hydrogen-bond donors (Lipinski definition) is 1. The van der Waals surface area contributed by atoms with E-state index in [0.29, 0.717) is 13.1 Å². The van der Waals surface area contributed by atoms with Crippen molar-refractivity contribution >= 4 is 5.69 Å². The van der Waals surface area contributed by atoms with E-state index in [2.05, 4.69) is 5.32 Å². The lowest BCUT2D eigenvalue weighted by atomic mass is 10.1. The molecule has 0 heterocycles. The molecule has 0 bridgehead atoms. The predicted molar refractivity (Wildman–Crippen MR) is 76.6 cm³/mol. The molecule has 0 saturated heterocycles. The summed E-state index contributed by atoms with van der Waals surface area (Å²) in [6, 6.07) is 14.4. The maximum absolute atomic E-state index is 10.7. The number of benzene rings is 2. The smallest absolute Gasteiger partial charge is 0.269 e. The predicted octanol–water partition coefficient (Wildman–Crippen LogP) is 2.89. The molecule has 0 radical (unpaired) electrons. The van der Waals surface area contributed by atoms with Crippen LogP contribution in [-0.2, 0) is 13.1 Å². The van der Waals surface area contributed by atoms with Gasteiger partial charge >= 0.3 is 0 Å². The second kappa shape index (κ2) is 6.68. The number of nitro groups is 1. The van der Waals surface area contributed by atoms with E-state index in [1.807, 2.05) is 30.3 Å². The van der Waals surface area contributed by atoms with Crippen molar-refractivity contribution in [3.63, 3.8) is 0 Å². The van der Waals surface area contributed by atoms with Gasteiger partial charge in [-0.15, -0.1) is 0 Å². The van der Waals surface area contributed by atoms with E-state index < -0.39 is 0 Å². The van der Waals surface area contributed by atoms with Gasteiger partial charge in [0.25, 0.3) is 5.69 Å². The Hall–Kier alpha value is -2.40. The second-order valence-corrected chi connectivity index (χ2v) is 4.34. The molecule has 0 saturated carbocycles. The molecule has 5 heteroatoms. The first-order valence-corrected chi connectivity index (χ1v) is 6.26. The zero-order valence-electron chi connectivity index (χ0n) is 11.2. The van der Waals surface area contributed by atoms with E-state index in [9.17, 15) is 10.1 Å². The maximum atomic E-state index is 10.7. The van der Waals surface area contributed by atoms with Crippen LogP contribution in [0.1, 0.15) is 11.1 Å². The van der Waals surface area contributed by atoms with Crippen LogP contribution < -0.4 is 10.1 Å². The lowest BCUT2D eigenvalue weighted by Gasteiger charge is -2.09. The molecule has 0 amide bonds. The van der Waals surface area contributed by atoms with Gasteiger partial charge in [0.05, 0.1) is 12.0 Å². The Morgan fingerprint density at radius 3 is 2.70 bits per heavy atom. The maximum Gasteiger partial charge on any atom is 0.269 e. The highest BCUT2D eigenvalue weighted by molar-refractivity contribution is 5.35. The molecule has 104 valence electrons. The van der Waals surface area contributed by atoms with E-state index in [0.717, 1.165) is 16.9 Å². The highest BCUT2D eigenvalue weighted by atomic mass is 16.6. The van der Waals surface area contributed by atoms with Gasteiger partial charge in [-0.2, -0.15) is 0 Å². The van der Waals surface area contributed by atoms with Gasteiger partial charge in [-0.05, 0) is 11.6 Å². The number of nitrogens with one attached hydrogen (secondary N) is 1. The molecule has 1 N–H and O–H groups in total. The van der Waals surface area contributed by atoms with Crippen molar-refractivity contribution in [2.45, 2.75) is 13.1 Å². The second-order valence-electron chi connectivity index (χ2n) is 4.34. The zero-order chi connectivity index (χ0) is 14.4. The van der Waals surface area contributed by atoms with Crippen LogP contribution in [0.3, 0.4) is 0 Å². The Labute approximate surface area is 117 Å². The van der Waals surface area contributed by atoms with Crippen LogP contribution in [0.25, 0.3) is 0 Å². The van der Waals surface area contributed by atoms with Crippen LogP contribution in [0.15, 0.2) is 48.5 Å². The quantitative estimate of drug-likeness (QED) is 0.648. The molecule has 5 nitrogen and oxygen atoms in total. The number of rotatable bonds is 6. The van der Waals surface area contributed by atoms with Crippen LogP contribution in [0, 0.1) is 10.1 Å². The first kappa shape index (κ1) is 14.0. The van der Waals surface area contributed by atoms with Crippen molar-refractivity contribution in [1.29, 1.82) is 0 Å². The summed E-state index contributed by atoms with van der Waals surface area (Å²) in [4.78, 5) is 10.3. The number of nitrogens with zero attached hydrogens (tertiary/aromatic N) is 1. The highest BCUT2D eigenvalue weighted by Gasteiger charge is 2.06. The number of nitro benzene ring substituents is 1. The standard InChI is InChI=1S/C15H16N2O3/c1-20-15-8-3-2-6-13(15)11-16-10-12-5-4-7-14(9-12)17(18)19/h2-9,16H,10-11H2,1H3. The van der Waals surface area contributed by atoms with Crippen molar-refractivity contribution in [2.75, 3.05) is 7.11 Å². The van der Waals surface area contributed by atoms with Gasteiger partial charge in [0.2, 0.25) is 0 Å². The Morgan fingerprint density at radius 2 is 1.95 bits per heavy atom. The van der Waals surface area contributed by atoms with E-state index in [4.69, 9.17) is 4.74 Å². The lowest BCUT2D eigenvalue weighted by Crippen LogP contribution is -2.13. The van der Waals surface area contributed by atoms with Gasteiger partial charge in [0, 0.05) is 30.8 Å². The Bertz CT molecular complexity index is 599. The normalized spacial score (nSPS) is 10.2. The van der Waals surface area contributed by atoms with Crippen molar-refractivity contribution < 1.29 is 9.66 Å². The molecular weight excluding hydrogens is 256 g/mol. The number of hydrogen-bond acceptors (Lipinski definition) is 4. The first-order chi connectivity index (χ1) is 9.70. The van der Waals surface area contributed by atoms with Gasteiger partial charge in [-0.1, -0.05) is 30.3 Å². The van der Waals surface area contributed by atoms with E-state index in [-0.39, 0.29) is 10.6 Å².